The van der Waals surface area contributed by atoms with E-state index in [4.69, 9.17) is 4.74 Å². The Morgan fingerprint density at radius 3 is 2.80 bits per heavy atom. The smallest absolute Gasteiger partial charge is 0.0671 e. The Balaban J connectivity index is 1.82. The maximum Gasteiger partial charge on any atom is 0.0671 e. The van der Waals surface area contributed by atoms with Crippen molar-refractivity contribution in [1.29, 1.82) is 0 Å². The Hall–Kier alpha value is -0.0800. The molecular formula is C13H27NO. The summed E-state index contributed by atoms with van der Waals surface area (Å²) in [7, 11) is 0. The average molecular weight is 213 g/mol. The summed E-state index contributed by atoms with van der Waals surface area (Å²) in [5.41, 5.74) is 0. The molecule has 2 nitrogen and oxygen atoms in total. The SMILES string of the molecule is CCCCNCC(C)OCCC1CCC1. The summed E-state index contributed by atoms with van der Waals surface area (Å²) >= 11 is 0. The van der Waals surface area contributed by atoms with Crippen LogP contribution in [0, 0.1) is 5.92 Å². The molecule has 0 radical (unpaired) electrons. The first kappa shape index (κ1) is 13.0. The molecule has 1 atom stereocenters. The van der Waals surface area contributed by atoms with Gasteiger partial charge in [-0.15, -0.1) is 0 Å². The molecule has 0 spiro atoms. The molecule has 1 aliphatic carbocycles. The van der Waals surface area contributed by atoms with Crippen molar-refractivity contribution in [3.05, 3.63) is 0 Å². The van der Waals surface area contributed by atoms with E-state index in [-0.39, 0.29) is 0 Å². The fraction of sp³-hybridized carbons (Fsp3) is 1.00. The van der Waals surface area contributed by atoms with E-state index in [1.165, 1.54) is 38.5 Å². The lowest BCUT2D eigenvalue weighted by Gasteiger charge is -2.25. The average Bonchev–Trinajstić information content (AvgIpc) is 2.17. The van der Waals surface area contributed by atoms with Crippen molar-refractivity contribution in [2.24, 2.45) is 5.92 Å². The van der Waals surface area contributed by atoms with Gasteiger partial charge in [0.2, 0.25) is 0 Å². The van der Waals surface area contributed by atoms with Gasteiger partial charge in [-0.2, -0.15) is 0 Å². The van der Waals surface area contributed by atoms with Gasteiger partial charge in [0.15, 0.2) is 0 Å². The summed E-state index contributed by atoms with van der Waals surface area (Å²) in [4.78, 5) is 0. The molecule has 1 rings (SSSR count). The van der Waals surface area contributed by atoms with Crippen LogP contribution in [-0.4, -0.2) is 25.8 Å². The second-order valence-electron chi connectivity index (χ2n) is 4.82. The lowest BCUT2D eigenvalue weighted by molar-refractivity contribution is 0.0493. The molecule has 1 aliphatic rings. The van der Waals surface area contributed by atoms with Crippen molar-refractivity contribution in [2.45, 2.75) is 58.5 Å². The Morgan fingerprint density at radius 2 is 2.20 bits per heavy atom. The summed E-state index contributed by atoms with van der Waals surface area (Å²) in [6.45, 7) is 7.48. The molecule has 0 bridgehead atoms. The van der Waals surface area contributed by atoms with Crippen LogP contribution in [0.15, 0.2) is 0 Å². The van der Waals surface area contributed by atoms with Crippen LogP contribution in [-0.2, 0) is 4.74 Å². The van der Waals surface area contributed by atoms with Crippen LogP contribution in [0.25, 0.3) is 0 Å². The van der Waals surface area contributed by atoms with Gasteiger partial charge in [0.05, 0.1) is 6.10 Å². The predicted molar refractivity (Wildman–Crippen MR) is 65.1 cm³/mol. The fourth-order valence-electron chi connectivity index (χ4n) is 1.88. The summed E-state index contributed by atoms with van der Waals surface area (Å²) in [5, 5.41) is 3.43. The van der Waals surface area contributed by atoms with E-state index in [9.17, 15) is 0 Å². The van der Waals surface area contributed by atoms with Gasteiger partial charge < -0.3 is 10.1 Å². The lowest BCUT2D eigenvalue weighted by Crippen LogP contribution is -2.28. The number of hydrogen-bond donors (Lipinski definition) is 1. The molecule has 0 amide bonds. The topological polar surface area (TPSA) is 21.3 Å². The van der Waals surface area contributed by atoms with E-state index in [0.29, 0.717) is 6.10 Å². The number of unbranched alkanes of at least 4 members (excludes halogenated alkanes) is 1. The molecule has 2 heteroatoms. The van der Waals surface area contributed by atoms with E-state index in [1.807, 2.05) is 0 Å². The van der Waals surface area contributed by atoms with Crippen molar-refractivity contribution in [2.75, 3.05) is 19.7 Å². The number of hydrogen-bond acceptors (Lipinski definition) is 2. The van der Waals surface area contributed by atoms with Crippen LogP contribution in [0.4, 0.5) is 0 Å². The van der Waals surface area contributed by atoms with E-state index < -0.39 is 0 Å². The molecule has 1 unspecified atom stereocenters. The summed E-state index contributed by atoms with van der Waals surface area (Å²) in [6, 6.07) is 0. The van der Waals surface area contributed by atoms with Crippen LogP contribution < -0.4 is 5.32 Å². The van der Waals surface area contributed by atoms with Gasteiger partial charge in [0, 0.05) is 13.2 Å². The molecule has 0 aromatic rings. The Kier molecular flexibility index (Phi) is 7.03. The summed E-state index contributed by atoms with van der Waals surface area (Å²) in [5.74, 6) is 0.977. The van der Waals surface area contributed by atoms with Crippen LogP contribution in [0.1, 0.15) is 52.4 Å². The minimum atomic E-state index is 0.377. The highest BCUT2D eigenvalue weighted by Gasteiger charge is 2.16. The van der Waals surface area contributed by atoms with Crippen molar-refractivity contribution >= 4 is 0 Å². The first-order chi connectivity index (χ1) is 7.33. The van der Waals surface area contributed by atoms with Gasteiger partial charge in [0.25, 0.3) is 0 Å². The standard InChI is InChI=1S/C13H27NO/c1-3-4-9-14-11-12(2)15-10-8-13-6-5-7-13/h12-14H,3-11H2,1-2H3. The van der Waals surface area contributed by atoms with Crippen LogP contribution in [0.3, 0.4) is 0 Å². The van der Waals surface area contributed by atoms with Gasteiger partial charge in [-0.1, -0.05) is 32.6 Å². The van der Waals surface area contributed by atoms with E-state index in [2.05, 4.69) is 19.2 Å². The lowest BCUT2D eigenvalue weighted by atomic mass is 9.83. The minimum absolute atomic E-state index is 0.377. The van der Waals surface area contributed by atoms with E-state index in [0.717, 1.165) is 25.6 Å². The van der Waals surface area contributed by atoms with Gasteiger partial charge in [-0.25, -0.2) is 0 Å². The maximum absolute atomic E-state index is 5.77. The van der Waals surface area contributed by atoms with Crippen LogP contribution in [0.5, 0.6) is 0 Å². The molecule has 0 aliphatic heterocycles. The van der Waals surface area contributed by atoms with Gasteiger partial charge in [-0.3, -0.25) is 0 Å². The van der Waals surface area contributed by atoms with E-state index >= 15 is 0 Å². The molecular weight excluding hydrogens is 186 g/mol. The molecule has 0 saturated heterocycles. The Labute approximate surface area is 94.8 Å². The first-order valence-electron chi connectivity index (χ1n) is 6.65. The Morgan fingerprint density at radius 1 is 1.40 bits per heavy atom. The zero-order chi connectivity index (χ0) is 10.9. The predicted octanol–water partition coefficient (Wildman–Crippen LogP) is 2.97. The highest BCUT2D eigenvalue weighted by molar-refractivity contribution is 4.69. The monoisotopic (exact) mass is 213 g/mol. The maximum atomic E-state index is 5.77. The third-order valence-electron chi connectivity index (χ3n) is 3.29. The zero-order valence-corrected chi connectivity index (χ0v) is 10.4. The molecule has 0 heterocycles. The van der Waals surface area contributed by atoms with E-state index in [1.54, 1.807) is 0 Å². The molecule has 1 fully saturated rings. The third-order valence-corrected chi connectivity index (χ3v) is 3.29. The third kappa shape index (κ3) is 6.16. The molecule has 1 saturated carbocycles. The summed E-state index contributed by atoms with van der Waals surface area (Å²) in [6.07, 6.45) is 8.51. The number of ether oxygens (including phenoxy) is 1. The van der Waals surface area contributed by atoms with Crippen LogP contribution >= 0.6 is 0 Å². The zero-order valence-electron chi connectivity index (χ0n) is 10.4. The second-order valence-corrected chi connectivity index (χ2v) is 4.82. The van der Waals surface area contributed by atoms with Gasteiger partial charge in [0.1, 0.15) is 0 Å². The first-order valence-corrected chi connectivity index (χ1v) is 6.65. The van der Waals surface area contributed by atoms with Crippen LogP contribution in [0.2, 0.25) is 0 Å². The largest absolute Gasteiger partial charge is 0.377 e. The Bertz CT molecular complexity index is 145. The fourth-order valence-corrected chi connectivity index (χ4v) is 1.88. The van der Waals surface area contributed by atoms with Crippen molar-refractivity contribution in [3.63, 3.8) is 0 Å². The normalized spacial score (nSPS) is 18.8. The molecule has 1 N–H and O–H groups in total. The van der Waals surface area contributed by atoms with Gasteiger partial charge in [-0.05, 0) is 32.2 Å². The molecule has 0 aromatic heterocycles. The minimum Gasteiger partial charge on any atom is -0.377 e. The molecule has 0 aromatic carbocycles. The molecule has 15 heavy (non-hydrogen) atoms. The summed E-state index contributed by atoms with van der Waals surface area (Å²) < 4.78 is 5.77. The van der Waals surface area contributed by atoms with Crippen molar-refractivity contribution < 1.29 is 4.74 Å². The number of nitrogens with one attached hydrogen (secondary N) is 1. The highest BCUT2D eigenvalue weighted by atomic mass is 16.5. The molecule has 90 valence electrons. The van der Waals surface area contributed by atoms with Gasteiger partial charge >= 0.3 is 0 Å². The van der Waals surface area contributed by atoms with Crippen molar-refractivity contribution in [3.8, 4) is 0 Å². The number of rotatable bonds is 9. The quantitative estimate of drug-likeness (QED) is 0.595. The second kappa shape index (κ2) is 8.12. The van der Waals surface area contributed by atoms with Crippen molar-refractivity contribution in [1.82, 2.24) is 5.32 Å². The highest BCUT2D eigenvalue weighted by Crippen LogP contribution is 2.29.